The van der Waals surface area contributed by atoms with Crippen molar-refractivity contribution in [2.45, 2.75) is 0 Å². The molecule has 0 atom stereocenters. The topological polar surface area (TPSA) is 60.0 Å². The second-order valence-electron chi connectivity index (χ2n) is 4.82. The van der Waals surface area contributed by atoms with Gasteiger partial charge in [-0.3, -0.25) is 4.79 Å². The van der Waals surface area contributed by atoms with Crippen LogP contribution < -0.4 is 11.1 Å². The summed E-state index contributed by atoms with van der Waals surface area (Å²) in [5.74, 6) is -0.215. The van der Waals surface area contributed by atoms with Crippen LogP contribution in [-0.2, 0) is 0 Å². The largest absolute Gasteiger partial charge is 0.397 e. The Kier molecular flexibility index (Phi) is 3.85. The molecule has 5 heteroatoms. The standard InChI is InChI=1S/C17H14ClN3O/c18-13-5-8-16(15(19)11-13)20-17(22)12-3-6-14(7-4-12)21-9-1-2-10-21/h1-11H,19H2,(H,20,22). The van der Waals surface area contributed by atoms with Crippen LogP contribution >= 0.6 is 11.6 Å². The summed E-state index contributed by atoms with van der Waals surface area (Å²) in [5.41, 5.74) is 8.37. The van der Waals surface area contributed by atoms with Gasteiger partial charge in [0.15, 0.2) is 0 Å². The number of carbonyl (C=O) groups is 1. The fraction of sp³-hybridized carbons (Fsp3) is 0. The predicted octanol–water partition coefficient (Wildman–Crippen LogP) is 3.97. The number of aromatic nitrogens is 1. The molecular weight excluding hydrogens is 298 g/mol. The van der Waals surface area contributed by atoms with Crippen molar-refractivity contribution in [2.75, 3.05) is 11.1 Å². The molecule has 0 fully saturated rings. The van der Waals surface area contributed by atoms with E-state index in [0.717, 1.165) is 5.69 Å². The minimum atomic E-state index is -0.215. The summed E-state index contributed by atoms with van der Waals surface area (Å²) in [4.78, 5) is 12.2. The highest BCUT2D eigenvalue weighted by atomic mass is 35.5. The molecule has 0 saturated heterocycles. The van der Waals surface area contributed by atoms with E-state index in [1.165, 1.54) is 0 Å². The lowest BCUT2D eigenvalue weighted by atomic mass is 10.2. The number of nitrogens with zero attached hydrogens (tertiary/aromatic N) is 1. The Bertz CT molecular complexity index is 795. The van der Waals surface area contributed by atoms with E-state index in [9.17, 15) is 4.79 Å². The molecule has 1 heterocycles. The van der Waals surface area contributed by atoms with E-state index in [2.05, 4.69) is 5.32 Å². The first-order valence-electron chi connectivity index (χ1n) is 6.73. The summed E-state index contributed by atoms with van der Waals surface area (Å²) in [6.07, 6.45) is 3.90. The van der Waals surface area contributed by atoms with Crippen molar-refractivity contribution in [1.82, 2.24) is 4.57 Å². The van der Waals surface area contributed by atoms with Crippen LogP contribution in [0.4, 0.5) is 11.4 Å². The second-order valence-corrected chi connectivity index (χ2v) is 5.26. The van der Waals surface area contributed by atoms with E-state index in [4.69, 9.17) is 17.3 Å². The third-order valence-corrected chi connectivity index (χ3v) is 3.53. The van der Waals surface area contributed by atoms with Crippen LogP contribution in [-0.4, -0.2) is 10.5 Å². The molecule has 22 heavy (non-hydrogen) atoms. The lowest BCUT2D eigenvalue weighted by molar-refractivity contribution is 0.102. The summed E-state index contributed by atoms with van der Waals surface area (Å²) in [6, 6.07) is 16.2. The van der Waals surface area contributed by atoms with E-state index >= 15 is 0 Å². The Morgan fingerprint density at radius 2 is 1.73 bits per heavy atom. The minimum Gasteiger partial charge on any atom is -0.397 e. The molecule has 3 rings (SSSR count). The maximum atomic E-state index is 12.2. The van der Waals surface area contributed by atoms with Gasteiger partial charge in [-0.2, -0.15) is 0 Å². The van der Waals surface area contributed by atoms with Crippen LogP contribution in [0.25, 0.3) is 5.69 Å². The molecular formula is C17H14ClN3O. The highest BCUT2D eigenvalue weighted by molar-refractivity contribution is 6.31. The number of carbonyl (C=O) groups excluding carboxylic acids is 1. The van der Waals surface area contributed by atoms with Crippen molar-refractivity contribution in [1.29, 1.82) is 0 Å². The van der Waals surface area contributed by atoms with Crippen LogP contribution in [0.5, 0.6) is 0 Å². The third-order valence-electron chi connectivity index (χ3n) is 3.29. The van der Waals surface area contributed by atoms with Crippen LogP contribution in [0.15, 0.2) is 67.0 Å². The Hall–Kier alpha value is -2.72. The van der Waals surface area contributed by atoms with E-state index in [0.29, 0.717) is 22.0 Å². The summed E-state index contributed by atoms with van der Waals surface area (Å²) in [7, 11) is 0. The van der Waals surface area contributed by atoms with E-state index in [-0.39, 0.29) is 5.91 Å². The maximum absolute atomic E-state index is 12.2. The Labute approximate surface area is 133 Å². The summed E-state index contributed by atoms with van der Waals surface area (Å²) in [5, 5.41) is 3.31. The molecule has 3 N–H and O–H groups in total. The normalized spacial score (nSPS) is 10.4. The minimum absolute atomic E-state index is 0.215. The number of nitrogens with one attached hydrogen (secondary N) is 1. The molecule has 0 aliphatic heterocycles. The number of nitrogens with two attached hydrogens (primary N) is 1. The van der Waals surface area contributed by atoms with E-state index in [1.54, 1.807) is 30.3 Å². The van der Waals surface area contributed by atoms with Crippen LogP contribution in [0, 0.1) is 0 Å². The second kappa shape index (κ2) is 5.95. The first kappa shape index (κ1) is 14.2. The number of hydrogen-bond acceptors (Lipinski definition) is 2. The molecule has 2 aromatic carbocycles. The van der Waals surface area contributed by atoms with Gasteiger partial charge >= 0.3 is 0 Å². The molecule has 1 amide bonds. The lowest BCUT2D eigenvalue weighted by Crippen LogP contribution is -2.13. The molecule has 0 bridgehead atoms. The molecule has 0 saturated carbocycles. The summed E-state index contributed by atoms with van der Waals surface area (Å²) >= 11 is 5.84. The van der Waals surface area contributed by atoms with Crippen molar-refractivity contribution < 1.29 is 4.79 Å². The first-order chi connectivity index (χ1) is 10.6. The van der Waals surface area contributed by atoms with Crippen LogP contribution in [0.3, 0.4) is 0 Å². The molecule has 0 radical (unpaired) electrons. The number of nitrogen functional groups attached to an aromatic ring is 1. The van der Waals surface area contributed by atoms with E-state index in [1.807, 2.05) is 41.2 Å². The zero-order chi connectivity index (χ0) is 15.5. The predicted molar refractivity (Wildman–Crippen MR) is 89.6 cm³/mol. The van der Waals surface area contributed by atoms with Gasteiger partial charge in [0.25, 0.3) is 5.91 Å². The third kappa shape index (κ3) is 2.97. The molecule has 0 aliphatic rings. The van der Waals surface area contributed by atoms with Gasteiger partial charge in [-0.05, 0) is 54.6 Å². The first-order valence-corrected chi connectivity index (χ1v) is 7.11. The average Bonchev–Trinajstić information content (AvgIpc) is 3.04. The Morgan fingerprint density at radius 3 is 2.36 bits per heavy atom. The van der Waals surface area contributed by atoms with Gasteiger partial charge in [0, 0.05) is 28.7 Å². The number of rotatable bonds is 3. The number of halogens is 1. The molecule has 110 valence electrons. The van der Waals surface area contributed by atoms with Crippen LogP contribution in [0.2, 0.25) is 5.02 Å². The smallest absolute Gasteiger partial charge is 0.255 e. The van der Waals surface area contributed by atoms with Gasteiger partial charge in [-0.15, -0.1) is 0 Å². The highest BCUT2D eigenvalue weighted by Gasteiger charge is 2.08. The fourth-order valence-corrected chi connectivity index (χ4v) is 2.31. The quantitative estimate of drug-likeness (QED) is 0.719. The van der Waals surface area contributed by atoms with Gasteiger partial charge in [0.1, 0.15) is 0 Å². The van der Waals surface area contributed by atoms with Crippen molar-refractivity contribution in [2.24, 2.45) is 0 Å². The van der Waals surface area contributed by atoms with E-state index < -0.39 is 0 Å². The number of anilines is 2. The molecule has 0 spiro atoms. The highest BCUT2D eigenvalue weighted by Crippen LogP contribution is 2.23. The molecule has 0 unspecified atom stereocenters. The lowest BCUT2D eigenvalue weighted by Gasteiger charge is -2.09. The van der Waals surface area contributed by atoms with Crippen molar-refractivity contribution in [3.63, 3.8) is 0 Å². The van der Waals surface area contributed by atoms with Crippen molar-refractivity contribution in [3.8, 4) is 5.69 Å². The molecule has 1 aromatic heterocycles. The number of amides is 1. The van der Waals surface area contributed by atoms with Gasteiger partial charge in [-0.1, -0.05) is 11.6 Å². The average molecular weight is 312 g/mol. The van der Waals surface area contributed by atoms with Crippen LogP contribution in [0.1, 0.15) is 10.4 Å². The SMILES string of the molecule is Nc1cc(Cl)ccc1NC(=O)c1ccc(-n2cccc2)cc1. The summed E-state index contributed by atoms with van der Waals surface area (Å²) < 4.78 is 1.97. The van der Waals surface area contributed by atoms with Gasteiger partial charge in [-0.25, -0.2) is 0 Å². The summed E-state index contributed by atoms with van der Waals surface area (Å²) in [6.45, 7) is 0. The molecule has 0 aliphatic carbocycles. The zero-order valence-corrected chi connectivity index (χ0v) is 12.4. The molecule has 4 nitrogen and oxygen atoms in total. The van der Waals surface area contributed by atoms with Crippen molar-refractivity contribution >= 4 is 28.9 Å². The van der Waals surface area contributed by atoms with Gasteiger partial charge in [0.2, 0.25) is 0 Å². The van der Waals surface area contributed by atoms with Crippen molar-refractivity contribution in [3.05, 3.63) is 77.6 Å². The fourth-order valence-electron chi connectivity index (χ4n) is 2.13. The number of hydrogen-bond donors (Lipinski definition) is 2. The Balaban J connectivity index is 1.77. The monoisotopic (exact) mass is 311 g/mol. The van der Waals surface area contributed by atoms with Gasteiger partial charge < -0.3 is 15.6 Å². The number of benzene rings is 2. The zero-order valence-electron chi connectivity index (χ0n) is 11.7. The molecule has 3 aromatic rings. The maximum Gasteiger partial charge on any atom is 0.255 e. The van der Waals surface area contributed by atoms with Gasteiger partial charge in [0.05, 0.1) is 11.4 Å². The Morgan fingerprint density at radius 1 is 1.05 bits per heavy atom.